The van der Waals surface area contributed by atoms with Crippen molar-refractivity contribution in [2.75, 3.05) is 13.6 Å². The molecule has 1 aromatic heterocycles. The fourth-order valence-corrected chi connectivity index (χ4v) is 4.36. The smallest absolute Gasteiger partial charge is 0.124 e. The van der Waals surface area contributed by atoms with Gasteiger partial charge < -0.3 is 5.32 Å². The zero-order valence-electron chi connectivity index (χ0n) is 12.0. The van der Waals surface area contributed by atoms with Crippen LogP contribution in [0.2, 0.25) is 5.02 Å². The number of nitrogens with one attached hydrogen (secondary N) is 1. The third-order valence-electron chi connectivity index (χ3n) is 3.92. The lowest BCUT2D eigenvalue weighted by molar-refractivity contribution is 0.522. The van der Waals surface area contributed by atoms with Gasteiger partial charge in [0, 0.05) is 28.8 Å². The van der Waals surface area contributed by atoms with E-state index in [1.54, 1.807) is 17.4 Å². The first-order chi connectivity index (χ1) is 10.2. The summed E-state index contributed by atoms with van der Waals surface area (Å²) in [4.78, 5) is 6.25. The topological polar surface area (TPSA) is 24.9 Å². The quantitative estimate of drug-likeness (QED) is 0.913. The average Bonchev–Trinajstić information content (AvgIpc) is 2.86. The standard InChI is InChI=1S/C16H18ClFN2S/c1-19-9-11-3-2-4-14-16(11)20-15(21-14)7-10-5-6-12(18)8-13(10)17/h5-6,8,11,19H,2-4,7,9H2,1H3. The van der Waals surface area contributed by atoms with E-state index in [9.17, 15) is 4.39 Å². The van der Waals surface area contributed by atoms with Crippen molar-refractivity contribution in [3.8, 4) is 0 Å². The van der Waals surface area contributed by atoms with Gasteiger partial charge in [-0.15, -0.1) is 11.3 Å². The Morgan fingerprint density at radius 2 is 2.33 bits per heavy atom. The van der Waals surface area contributed by atoms with Crippen molar-refractivity contribution in [1.29, 1.82) is 0 Å². The highest BCUT2D eigenvalue weighted by Crippen LogP contribution is 2.35. The Hall–Kier alpha value is -0.970. The molecule has 0 radical (unpaired) electrons. The van der Waals surface area contributed by atoms with E-state index in [1.807, 2.05) is 7.05 Å². The number of hydrogen-bond acceptors (Lipinski definition) is 3. The van der Waals surface area contributed by atoms with Gasteiger partial charge >= 0.3 is 0 Å². The summed E-state index contributed by atoms with van der Waals surface area (Å²) < 4.78 is 13.1. The maximum atomic E-state index is 13.1. The molecule has 0 spiro atoms. The van der Waals surface area contributed by atoms with Crippen LogP contribution in [0, 0.1) is 5.82 Å². The third kappa shape index (κ3) is 3.28. The van der Waals surface area contributed by atoms with Crippen LogP contribution in [-0.4, -0.2) is 18.6 Å². The van der Waals surface area contributed by atoms with Crippen molar-refractivity contribution < 1.29 is 4.39 Å². The number of hydrogen-bond donors (Lipinski definition) is 1. The highest BCUT2D eigenvalue weighted by molar-refractivity contribution is 7.11. The summed E-state index contributed by atoms with van der Waals surface area (Å²) in [6, 6.07) is 4.58. The maximum Gasteiger partial charge on any atom is 0.124 e. The maximum absolute atomic E-state index is 13.1. The van der Waals surface area contributed by atoms with Gasteiger partial charge in [-0.2, -0.15) is 0 Å². The fourth-order valence-electron chi connectivity index (χ4n) is 2.91. The van der Waals surface area contributed by atoms with Crippen LogP contribution in [-0.2, 0) is 12.8 Å². The molecule has 1 aliphatic rings. The number of benzene rings is 1. The predicted molar refractivity (Wildman–Crippen MR) is 85.9 cm³/mol. The van der Waals surface area contributed by atoms with Gasteiger partial charge in [0.05, 0.1) is 10.7 Å². The van der Waals surface area contributed by atoms with Crippen molar-refractivity contribution in [2.24, 2.45) is 0 Å². The Morgan fingerprint density at radius 1 is 1.48 bits per heavy atom. The number of likely N-dealkylation sites (N-methyl/N-ethyl adjacent to an activating group) is 1. The van der Waals surface area contributed by atoms with Crippen molar-refractivity contribution in [3.05, 3.63) is 50.2 Å². The van der Waals surface area contributed by atoms with E-state index in [1.165, 1.54) is 35.5 Å². The molecular weight excluding hydrogens is 307 g/mol. The SMILES string of the molecule is CNCC1CCCc2sc(Cc3ccc(F)cc3Cl)nc21. The van der Waals surface area contributed by atoms with Crippen LogP contribution in [0.3, 0.4) is 0 Å². The second-order valence-electron chi connectivity index (χ2n) is 5.48. The molecule has 0 amide bonds. The first kappa shape index (κ1) is 14.9. The summed E-state index contributed by atoms with van der Waals surface area (Å²) in [5.41, 5.74) is 2.20. The number of fused-ring (bicyclic) bond motifs is 1. The van der Waals surface area contributed by atoms with Crippen LogP contribution >= 0.6 is 22.9 Å². The van der Waals surface area contributed by atoms with E-state index in [2.05, 4.69) is 5.32 Å². The van der Waals surface area contributed by atoms with E-state index in [-0.39, 0.29) is 5.82 Å². The summed E-state index contributed by atoms with van der Waals surface area (Å²) in [5.74, 6) is 0.226. The van der Waals surface area contributed by atoms with Crippen molar-refractivity contribution in [1.82, 2.24) is 10.3 Å². The van der Waals surface area contributed by atoms with E-state index < -0.39 is 0 Å². The van der Waals surface area contributed by atoms with E-state index in [0.29, 0.717) is 17.4 Å². The molecule has 2 aromatic rings. The Morgan fingerprint density at radius 3 is 3.10 bits per heavy atom. The van der Waals surface area contributed by atoms with E-state index in [4.69, 9.17) is 16.6 Å². The molecule has 0 bridgehead atoms. The average molecular weight is 325 g/mol. The molecule has 2 nitrogen and oxygen atoms in total. The number of thiazole rings is 1. The Bertz CT molecular complexity index is 641. The first-order valence-corrected chi connectivity index (χ1v) is 8.44. The zero-order valence-corrected chi connectivity index (χ0v) is 13.5. The normalized spacial score (nSPS) is 17.8. The highest BCUT2D eigenvalue weighted by atomic mass is 35.5. The van der Waals surface area contributed by atoms with Crippen molar-refractivity contribution in [3.63, 3.8) is 0 Å². The van der Waals surface area contributed by atoms with Crippen LogP contribution in [0.1, 0.15) is 39.9 Å². The van der Waals surface area contributed by atoms with E-state index in [0.717, 1.165) is 23.5 Å². The third-order valence-corrected chi connectivity index (χ3v) is 5.41. The van der Waals surface area contributed by atoms with E-state index >= 15 is 0 Å². The summed E-state index contributed by atoms with van der Waals surface area (Å²) in [7, 11) is 1.99. The monoisotopic (exact) mass is 324 g/mol. The van der Waals surface area contributed by atoms with Gasteiger partial charge in [0.2, 0.25) is 0 Å². The van der Waals surface area contributed by atoms with Crippen molar-refractivity contribution >= 4 is 22.9 Å². The molecule has 21 heavy (non-hydrogen) atoms. The number of rotatable bonds is 4. The number of aromatic nitrogens is 1. The van der Waals surface area contributed by atoms with Gasteiger partial charge in [-0.1, -0.05) is 17.7 Å². The zero-order chi connectivity index (χ0) is 14.8. The largest absolute Gasteiger partial charge is 0.319 e. The molecule has 5 heteroatoms. The lowest BCUT2D eigenvalue weighted by Crippen LogP contribution is -2.21. The molecule has 0 saturated heterocycles. The first-order valence-electron chi connectivity index (χ1n) is 7.24. The molecule has 1 aliphatic carbocycles. The molecule has 0 aliphatic heterocycles. The minimum atomic E-state index is -0.295. The fraction of sp³-hybridized carbons (Fsp3) is 0.438. The number of aryl methyl sites for hydroxylation is 1. The predicted octanol–water partition coefficient (Wildman–Crippen LogP) is 4.17. The highest BCUT2D eigenvalue weighted by Gasteiger charge is 2.24. The number of nitrogens with zero attached hydrogens (tertiary/aromatic N) is 1. The van der Waals surface area contributed by atoms with Gasteiger partial charge in [0.1, 0.15) is 5.82 Å². The number of halogens is 2. The van der Waals surface area contributed by atoms with Crippen molar-refractivity contribution in [2.45, 2.75) is 31.6 Å². The second-order valence-corrected chi connectivity index (χ2v) is 7.05. The van der Waals surface area contributed by atoms with Gasteiger partial charge in [-0.05, 0) is 44.0 Å². The Labute approximate surface area is 133 Å². The summed E-state index contributed by atoms with van der Waals surface area (Å²) >= 11 is 7.89. The molecule has 1 unspecified atom stereocenters. The lowest BCUT2D eigenvalue weighted by atomic mass is 9.91. The molecule has 0 saturated carbocycles. The summed E-state index contributed by atoms with van der Waals surface area (Å²) in [5, 5.41) is 4.82. The van der Waals surface area contributed by atoms with Crippen LogP contribution in [0.5, 0.6) is 0 Å². The molecule has 1 aromatic carbocycles. The van der Waals surface area contributed by atoms with Gasteiger partial charge in [0.15, 0.2) is 0 Å². The minimum Gasteiger partial charge on any atom is -0.319 e. The molecule has 3 rings (SSSR count). The molecular formula is C16H18ClFN2S. The van der Waals surface area contributed by atoms with Gasteiger partial charge in [-0.25, -0.2) is 9.37 Å². The van der Waals surface area contributed by atoms with Crippen LogP contribution in [0.15, 0.2) is 18.2 Å². The molecule has 1 N–H and O–H groups in total. The van der Waals surface area contributed by atoms with Gasteiger partial charge in [-0.3, -0.25) is 0 Å². The molecule has 1 atom stereocenters. The summed E-state index contributed by atoms with van der Waals surface area (Å²) in [6.07, 6.45) is 4.25. The minimum absolute atomic E-state index is 0.295. The van der Waals surface area contributed by atoms with Crippen LogP contribution in [0.4, 0.5) is 4.39 Å². The Kier molecular flexibility index (Phi) is 4.57. The van der Waals surface area contributed by atoms with Gasteiger partial charge in [0.25, 0.3) is 0 Å². The second kappa shape index (κ2) is 6.42. The Balaban J connectivity index is 1.84. The van der Waals surface area contributed by atoms with Crippen LogP contribution in [0.25, 0.3) is 0 Å². The summed E-state index contributed by atoms with van der Waals surface area (Å²) in [6.45, 7) is 0.980. The molecule has 1 heterocycles. The van der Waals surface area contributed by atoms with Crippen LogP contribution < -0.4 is 5.32 Å². The molecule has 0 fully saturated rings. The lowest BCUT2D eigenvalue weighted by Gasteiger charge is -2.20. The molecule has 112 valence electrons.